The number of thioether (sulfide) groups is 1. The summed E-state index contributed by atoms with van der Waals surface area (Å²) in [6.07, 6.45) is 1.93. The van der Waals surface area contributed by atoms with Gasteiger partial charge in [0.2, 0.25) is 5.91 Å². The number of hydrogen-bond acceptors (Lipinski definition) is 3. The van der Waals surface area contributed by atoms with Crippen LogP contribution in [0.25, 0.3) is 0 Å². The van der Waals surface area contributed by atoms with Gasteiger partial charge >= 0.3 is 0 Å². The van der Waals surface area contributed by atoms with Gasteiger partial charge in [0.1, 0.15) is 12.4 Å². The van der Waals surface area contributed by atoms with E-state index in [1.807, 2.05) is 30.5 Å². The van der Waals surface area contributed by atoms with Crippen molar-refractivity contribution in [1.82, 2.24) is 0 Å². The van der Waals surface area contributed by atoms with E-state index in [0.717, 1.165) is 11.4 Å². The number of amides is 1. The first-order chi connectivity index (χ1) is 7.33. The molecular formula is C11H13NO2S. The molecule has 0 radical (unpaired) electrons. The molecule has 1 aromatic carbocycles. The van der Waals surface area contributed by atoms with Crippen molar-refractivity contribution in [2.24, 2.45) is 0 Å². The number of benzene rings is 1. The highest BCUT2D eigenvalue weighted by Crippen LogP contribution is 2.31. The SMILES string of the molecule is CSCC(=O)N1CCOc2ccccc21. The molecule has 4 heteroatoms. The van der Waals surface area contributed by atoms with E-state index in [1.165, 1.54) is 0 Å². The van der Waals surface area contributed by atoms with Crippen LogP contribution in [0.1, 0.15) is 0 Å². The van der Waals surface area contributed by atoms with Gasteiger partial charge in [0.15, 0.2) is 0 Å². The zero-order valence-corrected chi connectivity index (χ0v) is 9.42. The van der Waals surface area contributed by atoms with Crippen LogP contribution < -0.4 is 9.64 Å². The highest BCUT2D eigenvalue weighted by atomic mass is 32.2. The minimum atomic E-state index is 0.151. The molecule has 0 fully saturated rings. The number of para-hydroxylation sites is 2. The monoisotopic (exact) mass is 223 g/mol. The second-order valence-corrected chi connectivity index (χ2v) is 4.16. The summed E-state index contributed by atoms with van der Waals surface area (Å²) in [5.41, 5.74) is 0.891. The molecule has 0 unspecified atom stereocenters. The lowest BCUT2D eigenvalue weighted by molar-refractivity contribution is -0.116. The molecule has 2 rings (SSSR count). The molecule has 0 aromatic heterocycles. The van der Waals surface area contributed by atoms with Crippen LogP contribution in [-0.4, -0.2) is 31.1 Å². The molecule has 0 N–H and O–H groups in total. The lowest BCUT2D eigenvalue weighted by Gasteiger charge is -2.29. The summed E-state index contributed by atoms with van der Waals surface area (Å²) in [6.45, 7) is 1.23. The van der Waals surface area contributed by atoms with Gasteiger partial charge in [0.05, 0.1) is 18.0 Å². The Morgan fingerprint density at radius 3 is 3.13 bits per heavy atom. The fraction of sp³-hybridized carbons (Fsp3) is 0.364. The fourth-order valence-electron chi connectivity index (χ4n) is 1.63. The second-order valence-electron chi connectivity index (χ2n) is 3.29. The summed E-state index contributed by atoms with van der Waals surface area (Å²) in [6, 6.07) is 7.66. The maximum atomic E-state index is 11.8. The molecule has 0 atom stereocenters. The standard InChI is InChI=1S/C11H13NO2S/c1-15-8-11(13)12-6-7-14-10-5-3-2-4-9(10)12/h2-5H,6-8H2,1H3. The van der Waals surface area contributed by atoms with Crippen molar-refractivity contribution in [3.8, 4) is 5.75 Å². The largest absolute Gasteiger partial charge is 0.490 e. The Kier molecular flexibility index (Phi) is 3.16. The third-order valence-electron chi connectivity index (χ3n) is 2.30. The molecule has 0 saturated carbocycles. The predicted octanol–water partition coefficient (Wildman–Crippen LogP) is 1.77. The summed E-state index contributed by atoms with van der Waals surface area (Å²) < 4.78 is 5.48. The highest BCUT2D eigenvalue weighted by Gasteiger charge is 2.22. The number of anilines is 1. The smallest absolute Gasteiger partial charge is 0.237 e. The molecule has 1 aromatic rings. The molecule has 0 saturated heterocycles. The van der Waals surface area contributed by atoms with Crippen LogP contribution in [0.4, 0.5) is 5.69 Å². The summed E-state index contributed by atoms with van der Waals surface area (Å²) in [5, 5.41) is 0. The summed E-state index contributed by atoms with van der Waals surface area (Å²) in [4.78, 5) is 13.6. The van der Waals surface area contributed by atoms with Crippen LogP contribution in [0.3, 0.4) is 0 Å². The number of fused-ring (bicyclic) bond motifs is 1. The van der Waals surface area contributed by atoms with Gasteiger partial charge in [-0.15, -0.1) is 0 Å². The Morgan fingerprint density at radius 2 is 2.33 bits per heavy atom. The third kappa shape index (κ3) is 2.09. The predicted molar refractivity (Wildman–Crippen MR) is 62.7 cm³/mol. The minimum Gasteiger partial charge on any atom is -0.490 e. The third-order valence-corrected chi connectivity index (χ3v) is 2.83. The average Bonchev–Trinajstić information content (AvgIpc) is 2.28. The van der Waals surface area contributed by atoms with Crippen LogP contribution in [0, 0.1) is 0 Å². The van der Waals surface area contributed by atoms with Gasteiger partial charge in [-0.2, -0.15) is 11.8 Å². The normalized spacial score (nSPS) is 14.3. The number of rotatable bonds is 2. The lowest BCUT2D eigenvalue weighted by atomic mass is 10.2. The van der Waals surface area contributed by atoms with Gasteiger partial charge in [-0.25, -0.2) is 0 Å². The first-order valence-corrected chi connectivity index (χ1v) is 6.23. The van der Waals surface area contributed by atoms with E-state index in [0.29, 0.717) is 18.9 Å². The van der Waals surface area contributed by atoms with E-state index >= 15 is 0 Å². The number of nitrogens with zero attached hydrogens (tertiary/aromatic N) is 1. The Hall–Kier alpha value is -1.16. The fourth-order valence-corrected chi connectivity index (χ4v) is 2.03. The lowest BCUT2D eigenvalue weighted by Crippen LogP contribution is -2.38. The second kappa shape index (κ2) is 4.57. The molecule has 0 aliphatic carbocycles. The average molecular weight is 223 g/mol. The minimum absolute atomic E-state index is 0.151. The van der Waals surface area contributed by atoms with Gasteiger partial charge in [-0.05, 0) is 18.4 Å². The first-order valence-electron chi connectivity index (χ1n) is 4.84. The van der Waals surface area contributed by atoms with Gasteiger partial charge in [-0.3, -0.25) is 4.79 Å². The summed E-state index contributed by atoms with van der Waals surface area (Å²) >= 11 is 1.55. The van der Waals surface area contributed by atoms with E-state index in [9.17, 15) is 4.79 Å². The van der Waals surface area contributed by atoms with E-state index in [1.54, 1.807) is 16.7 Å². The molecule has 80 valence electrons. The molecule has 15 heavy (non-hydrogen) atoms. The number of ether oxygens (including phenoxy) is 1. The van der Waals surface area contributed by atoms with Crippen LogP contribution >= 0.6 is 11.8 Å². The maximum absolute atomic E-state index is 11.8. The maximum Gasteiger partial charge on any atom is 0.237 e. The van der Waals surface area contributed by atoms with Crippen molar-refractivity contribution in [3.05, 3.63) is 24.3 Å². The number of carbonyl (C=O) groups excluding carboxylic acids is 1. The molecule has 1 aliphatic rings. The quantitative estimate of drug-likeness (QED) is 0.765. The zero-order valence-electron chi connectivity index (χ0n) is 8.60. The van der Waals surface area contributed by atoms with Crippen molar-refractivity contribution in [2.75, 3.05) is 30.1 Å². The van der Waals surface area contributed by atoms with Crippen LogP contribution in [0.15, 0.2) is 24.3 Å². The Morgan fingerprint density at radius 1 is 1.53 bits per heavy atom. The molecule has 0 spiro atoms. The zero-order chi connectivity index (χ0) is 10.7. The van der Waals surface area contributed by atoms with Gasteiger partial charge < -0.3 is 9.64 Å². The van der Waals surface area contributed by atoms with Crippen molar-refractivity contribution in [2.45, 2.75) is 0 Å². The number of carbonyl (C=O) groups is 1. The molecule has 1 amide bonds. The molecule has 1 aliphatic heterocycles. The van der Waals surface area contributed by atoms with E-state index in [4.69, 9.17) is 4.74 Å². The van der Waals surface area contributed by atoms with Crippen molar-refractivity contribution in [1.29, 1.82) is 0 Å². The van der Waals surface area contributed by atoms with Crippen molar-refractivity contribution >= 4 is 23.4 Å². The van der Waals surface area contributed by atoms with Crippen LogP contribution in [-0.2, 0) is 4.79 Å². The van der Waals surface area contributed by atoms with Gasteiger partial charge in [-0.1, -0.05) is 12.1 Å². The molecule has 0 bridgehead atoms. The Labute approximate surface area is 93.4 Å². The topological polar surface area (TPSA) is 29.5 Å². The van der Waals surface area contributed by atoms with E-state index in [-0.39, 0.29) is 5.91 Å². The molecular weight excluding hydrogens is 210 g/mol. The molecule has 1 heterocycles. The van der Waals surface area contributed by atoms with E-state index in [2.05, 4.69) is 0 Å². The highest BCUT2D eigenvalue weighted by molar-refractivity contribution is 7.99. The summed E-state index contributed by atoms with van der Waals surface area (Å²) in [7, 11) is 0. The van der Waals surface area contributed by atoms with E-state index < -0.39 is 0 Å². The van der Waals surface area contributed by atoms with Crippen molar-refractivity contribution < 1.29 is 9.53 Å². The van der Waals surface area contributed by atoms with Crippen molar-refractivity contribution in [3.63, 3.8) is 0 Å². The number of hydrogen-bond donors (Lipinski definition) is 0. The van der Waals surface area contributed by atoms with Gasteiger partial charge in [0.25, 0.3) is 0 Å². The van der Waals surface area contributed by atoms with Crippen LogP contribution in [0.2, 0.25) is 0 Å². The molecule has 3 nitrogen and oxygen atoms in total. The Balaban J connectivity index is 2.25. The first kappa shape index (κ1) is 10.4. The van der Waals surface area contributed by atoms with Crippen LogP contribution in [0.5, 0.6) is 5.75 Å². The van der Waals surface area contributed by atoms with Gasteiger partial charge in [0, 0.05) is 0 Å². The summed E-state index contributed by atoms with van der Waals surface area (Å²) in [5.74, 6) is 1.48. The Bertz CT molecular complexity index is 367.